The van der Waals surface area contributed by atoms with E-state index in [1.54, 1.807) is 6.07 Å². The van der Waals surface area contributed by atoms with Crippen LogP contribution in [0.3, 0.4) is 0 Å². The lowest BCUT2D eigenvalue weighted by Crippen LogP contribution is -2.09. The molecule has 10 heavy (non-hydrogen) atoms. The molecule has 2 nitrogen and oxygen atoms in total. The lowest BCUT2D eigenvalue weighted by molar-refractivity contribution is -0.182. The molecule has 0 aliphatic rings. The van der Waals surface area contributed by atoms with Crippen molar-refractivity contribution in [1.29, 1.82) is 0 Å². The maximum absolute atomic E-state index is 12.1. The SMILES string of the molecule is O=P([O-])(F)c1ccccc1. The summed E-state index contributed by atoms with van der Waals surface area (Å²) < 4.78 is 22.3. The van der Waals surface area contributed by atoms with Gasteiger partial charge in [0.25, 0.3) is 0 Å². The van der Waals surface area contributed by atoms with Crippen LogP contribution in [-0.2, 0) is 4.57 Å². The quantitative estimate of drug-likeness (QED) is 0.569. The molecule has 0 aliphatic carbocycles. The van der Waals surface area contributed by atoms with Gasteiger partial charge in [0.15, 0.2) is 0 Å². The summed E-state index contributed by atoms with van der Waals surface area (Å²) in [6, 6.07) is 7.00. The fourth-order valence-electron chi connectivity index (χ4n) is 0.606. The average molecular weight is 159 g/mol. The smallest absolute Gasteiger partial charge is 0.210 e. The highest BCUT2D eigenvalue weighted by Crippen LogP contribution is 2.34. The Morgan fingerprint density at radius 1 is 1.30 bits per heavy atom. The second kappa shape index (κ2) is 2.52. The van der Waals surface area contributed by atoms with Crippen LogP contribution in [0.1, 0.15) is 0 Å². The second-order valence-corrected chi connectivity index (χ2v) is 3.29. The highest BCUT2D eigenvalue weighted by Gasteiger charge is 2.05. The fourth-order valence-corrected chi connectivity index (χ4v) is 1.13. The van der Waals surface area contributed by atoms with E-state index in [-0.39, 0.29) is 5.30 Å². The molecule has 4 heteroatoms. The number of halogens is 1. The molecule has 1 unspecified atom stereocenters. The molecular formula is C6H5FO2P-. The zero-order valence-electron chi connectivity index (χ0n) is 5.03. The van der Waals surface area contributed by atoms with Gasteiger partial charge >= 0.3 is 0 Å². The second-order valence-electron chi connectivity index (χ2n) is 1.82. The van der Waals surface area contributed by atoms with Gasteiger partial charge in [-0.1, -0.05) is 30.3 Å². The van der Waals surface area contributed by atoms with E-state index in [1.807, 2.05) is 0 Å². The Labute approximate surface area is 57.9 Å². The van der Waals surface area contributed by atoms with Gasteiger partial charge in [0.05, 0.1) is 0 Å². The first-order valence-electron chi connectivity index (χ1n) is 2.67. The van der Waals surface area contributed by atoms with Crippen LogP contribution in [0.4, 0.5) is 4.20 Å². The van der Waals surface area contributed by atoms with Crippen LogP contribution in [-0.4, -0.2) is 0 Å². The van der Waals surface area contributed by atoms with Crippen LogP contribution >= 0.6 is 7.68 Å². The van der Waals surface area contributed by atoms with E-state index in [2.05, 4.69) is 0 Å². The van der Waals surface area contributed by atoms with Gasteiger partial charge in [0.2, 0.25) is 7.68 Å². The fraction of sp³-hybridized carbons (Fsp3) is 0. The Morgan fingerprint density at radius 3 is 2.10 bits per heavy atom. The van der Waals surface area contributed by atoms with Crippen molar-refractivity contribution in [3.63, 3.8) is 0 Å². The molecule has 1 aromatic carbocycles. The molecule has 0 aromatic heterocycles. The third kappa shape index (κ3) is 1.66. The van der Waals surface area contributed by atoms with Crippen molar-refractivity contribution >= 4 is 13.0 Å². The largest absolute Gasteiger partial charge is 0.771 e. The highest BCUT2D eigenvalue weighted by molar-refractivity contribution is 7.59. The minimum atomic E-state index is -4.77. The van der Waals surface area contributed by atoms with Crippen LogP contribution in [0.15, 0.2) is 30.3 Å². The van der Waals surface area contributed by atoms with Crippen molar-refractivity contribution < 1.29 is 13.7 Å². The molecule has 0 N–H and O–H groups in total. The van der Waals surface area contributed by atoms with Gasteiger partial charge < -0.3 is 4.89 Å². The van der Waals surface area contributed by atoms with Crippen molar-refractivity contribution in [3.8, 4) is 0 Å². The Bertz CT molecular complexity index is 254. The zero-order valence-corrected chi connectivity index (χ0v) is 5.92. The lowest BCUT2D eigenvalue weighted by Gasteiger charge is -2.11. The zero-order chi connectivity index (χ0) is 7.61. The van der Waals surface area contributed by atoms with Gasteiger partial charge in [-0.25, -0.2) is 0 Å². The first-order valence-corrected chi connectivity index (χ1v) is 4.18. The maximum Gasteiger partial charge on any atom is 0.210 e. The predicted octanol–water partition coefficient (Wildman–Crippen LogP) is 0.835. The summed E-state index contributed by atoms with van der Waals surface area (Å²) in [4.78, 5) is 10.2. The summed E-state index contributed by atoms with van der Waals surface area (Å²) in [6.07, 6.45) is 0. The van der Waals surface area contributed by atoms with Crippen LogP contribution in [0.25, 0.3) is 0 Å². The van der Waals surface area contributed by atoms with Gasteiger partial charge in [0, 0.05) is 5.30 Å². The normalized spacial score (nSPS) is 16.2. The molecular weight excluding hydrogens is 154 g/mol. The Kier molecular flexibility index (Phi) is 1.88. The molecule has 0 spiro atoms. The third-order valence-corrected chi connectivity index (χ3v) is 1.98. The Balaban J connectivity index is 3.09. The Morgan fingerprint density at radius 2 is 1.80 bits per heavy atom. The third-order valence-electron chi connectivity index (χ3n) is 1.06. The summed E-state index contributed by atoms with van der Waals surface area (Å²) in [5.74, 6) is 0. The van der Waals surface area contributed by atoms with E-state index >= 15 is 0 Å². The van der Waals surface area contributed by atoms with Gasteiger partial charge in [-0.15, -0.1) is 0 Å². The molecule has 0 fully saturated rings. The van der Waals surface area contributed by atoms with E-state index in [0.29, 0.717) is 0 Å². The average Bonchev–Trinajstić information content (AvgIpc) is 1.88. The van der Waals surface area contributed by atoms with Gasteiger partial charge in [-0.05, 0) is 0 Å². The minimum absolute atomic E-state index is 0.269. The highest BCUT2D eigenvalue weighted by atomic mass is 31.2. The van der Waals surface area contributed by atoms with Crippen LogP contribution in [0.2, 0.25) is 0 Å². The summed E-state index contributed by atoms with van der Waals surface area (Å²) in [7, 11) is -4.77. The number of benzene rings is 1. The van der Waals surface area contributed by atoms with Gasteiger partial charge in [-0.3, -0.25) is 4.57 Å². The minimum Gasteiger partial charge on any atom is -0.771 e. The van der Waals surface area contributed by atoms with Crippen molar-refractivity contribution in [2.75, 3.05) is 0 Å². The molecule has 0 heterocycles. The molecule has 1 aromatic rings. The molecule has 54 valence electrons. The van der Waals surface area contributed by atoms with Gasteiger partial charge in [-0.2, -0.15) is 4.20 Å². The number of hydrogen-bond acceptors (Lipinski definition) is 2. The molecule has 0 saturated carbocycles. The summed E-state index contributed by atoms with van der Waals surface area (Å²) in [5.41, 5.74) is 0. The first kappa shape index (κ1) is 7.45. The molecule has 1 atom stereocenters. The molecule has 1 rings (SSSR count). The maximum atomic E-state index is 12.1. The van der Waals surface area contributed by atoms with E-state index in [0.717, 1.165) is 0 Å². The van der Waals surface area contributed by atoms with Crippen molar-refractivity contribution in [2.45, 2.75) is 0 Å². The predicted molar refractivity (Wildman–Crippen MR) is 34.8 cm³/mol. The summed E-state index contributed by atoms with van der Waals surface area (Å²) >= 11 is 0. The summed E-state index contributed by atoms with van der Waals surface area (Å²) in [6.45, 7) is 0. The molecule has 0 aliphatic heterocycles. The Hall–Kier alpha value is -0.660. The van der Waals surface area contributed by atoms with E-state index in [4.69, 9.17) is 0 Å². The summed E-state index contributed by atoms with van der Waals surface area (Å²) in [5, 5.41) is -0.269. The van der Waals surface area contributed by atoms with Crippen LogP contribution in [0, 0.1) is 0 Å². The number of rotatable bonds is 1. The van der Waals surface area contributed by atoms with E-state index in [9.17, 15) is 13.7 Å². The molecule has 0 amide bonds. The van der Waals surface area contributed by atoms with Crippen LogP contribution in [0.5, 0.6) is 0 Å². The van der Waals surface area contributed by atoms with Crippen molar-refractivity contribution in [1.82, 2.24) is 0 Å². The first-order chi connectivity index (χ1) is 4.61. The van der Waals surface area contributed by atoms with Crippen molar-refractivity contribution in [3.05, 3.63) is 30.3 Å². The van der Waals surface area contributed by atoms with E-state index in [1.165, 1.54) is 24.3 Å². The standard InChI is InChI=1S/C6H6FO2P/c7-10(8,9)6-4-2-1-3-5-6/h1-5H,(H,8,9)/p-1. The van der Waals surface area contributed by atoms with Crippen LogP contribution < -0.4 is 10.2 Å². The monoisotopic (exact) mass is 159 g/mol. The molecule has 0 bridgehead atoms. The van der Waals surface area contributed by atoms with E-state index < -0.39 is 7.68 Å². The number of hydrogen-bond donors (Lipinski definition) is 0. The van der Waals surface area contributed by atoms with Crippen molar-refractivity contribution in [2.24, 2.45) is 0 Å². The lowest BCUT2D eigenvalue weighted by atomic mass is 10.4. The topological polar surface area (TPSA) is 40.1 Å². The molecule has 0 radical (unpaired) electrons. The molecule has 0 saturated heterocycles. The van der Waals surface area contributed by atoms with Gasteiger partial charge in [0.1, 0.15) is 0 Å².